The van der Waals surface area contributed by atoms with E-state index in [2.05, 4.69) is 21.9 Å². The number of hydrogen-bond donors (Lipinski definition) is 2. The molecule has 0 aliphatic rings. The van der Waals surface area contributed by atoms with Crippen LogP contribution in [0.1, 0.15) is 45.4 Å². The molecule has 19 heavy (non-hydrogen) atoms. The van der Waals surface area contributed by atoms with Crippen LogP contribution in [0.15, 0.2) is 11.1 Å². The third-order valence-corrected chi connectivity index (χ3v) is 3.25. The second-order valence-electron chi connectivity index (χ2n) is 4.83. The van der Waals surface area contributed by atoms with Gasteiger partial charge >= 0.3 is 0 Å². The zero-order valence-corrected chi connectivity index (χ0v) is 11.4. The number of aromatic nitrogens is 4. The Morgan fingerprint density at radius 1 is 1.26 bits per heavy atom. The van der Waals surface area contributed by atoms with Crippen LogP contribution in [0.25, 0.3) is 11.2 Å². The zero-order chi connectivity index (χ0) is 13.7. The SMILES string of the molecule is CCCCCCCCn1cnc2c(=O)[nH]c(N)nc21. The number of fused-ring (bicyclic) bond motifs is 1. The van der Waals surface area contributed by atoms with Gasteiger partial charge in [0, 0.05) is 6.54 Å². The summed E-state index contributed by atoms with van der Waals surface area (Å²) in [6, 6.07) is 0. The Morgan fingerprint density at radius 2 is 2.00 bits per heavy atom. The number of unbranched alkanes of at least 4 members (excludes halogenated alkanes) is 5. The molecule has 0 radical (unpaired) electrons. The number of nitrogens with one attached hydrogen (secondary N) is 1. The molecule has 0 amide bonds. The molecule has 0 spiro atoms. The summed E-state index contributed by atoms with van der Waals surface area (Å²) in [4.78, 5) is 22.3. The van der Waals surface area contributed by atoms with Crippen LogP contribution >= 0.6 is 0 Å². The molecular formula is C13H21N5O. The van der Waals surface area contributed by atoms with E-state index in [1.165, 1.54) is 32.1 Å². The highest BCUT2D eigenvalue weighted by Gasteiger charge is 2.08. The van der Waals surface area contributed by atoms with Crippen LogP contribution in [0.4, 0.5) is 5.95 Å². The van der Waals surface area contributed by atoms with Gasteiger partial charge in [0.2, 0.25) is 5.95 Å². The van der Waals surface area contributed by atoms with E-state index < -0.39 is 0 Å². The number of nitrogens with zero attached hydrogens (tertiary/aromatic N) is 3. The molecule has 2 aromatic rings. The molecule has 0 unspecified atom stereocenters. The molecule has 0 saturated heterocycles. The van der Waals surface area contributed by atoms with E-state index in [-0.39, 0.29) is 11.5 Å². The normalized spacial score (nSPS) is 11.2. The van der Waals surface area contributed by atoms with Crippen LogP contribution in [0, 0.1) is 0 Å². The van der Waals surface area contributed by atoms with Gasteiger partial charge in [-0.15, -0.1) is 0 Å². The average molecular weight is 263 g/mol. The van der Waals surface area contributed by atoms with Gasteiger partial charge in [0.15, 0.2) is 11.2 Å². The van der Waals surface area contributed by atoms with Crippen molar-refractivity contribution in [1.82, 2.24) is 19.5 Å². The summed E-state index contributed by atoms with van der Waals surface area (Å²) in [5.74, 6) is 0.141. The van der Waals surface area contributed by atoms with Gasteiger partial charge in [0.1, 0.15) is 0 Å². The number of nitrogen functional groups attached to an aromatic ring is 1. The van der Waals surface area contributed by atoms with Crippen molar-refractivity contribution in [2.45, 2.75) is 52.0 Å². The second-order valence-corrected chi connectivity index (χ2v) is 4.83. The van der Waals surface area contributed by atoms with Gasteiger partial charge in [0.05, 0.1) is 6.33 Å². The number of imidazole rings is 1. The van der Waals surface area contributed by atoms with E-state index in [0.29, 0.717) is 11.2 Å². The van der Waals surface area contributed by atoms with Gasteiger partial charge in [0.25, 0.3) is 5.56 Å². The largest absolute Gasteiger partial charge is 0.369 e. The van der Waals surface area contributed by atoms with Crippen LogP contribution < -0.4 is 11.3 Å². The zero-order valence-electron chi connectivity index (χ0n) is 11.4. The lowest BCUT2D eigenvalue weighted by atomic mass is 10.1. The Hall–Kier alpha value is -1.85. The van der Waals surface area contributed by atoms with E-state index in [4.69, 9.17) is 5.73 Å². The van der Waals surface area contributed by atoms with Crippen LogP contribution in [0.5, 0.6) is 0 Å². The van der Waals surface area contributed by atoms with Crippen molar-refractivity contribution in [3.8, 4) is 0 Å². The number of anilines is 1. The lowest BCUT2D eigenvalue weighted by Crippen LogP contribution is -2.12. The van der Waals surface area contributed by atoms with Gasteiger partial charge in [-0.3, -0.25) is 9.78 Å². The summed E-state index contributed by atoms with van der Waals surface area (Å²) in [5, 5.41) is 0. The highest BCUT2D eigenvalue weighted by molar-refractivity contribution is 5.70. The van der Waals surface area contributed by atoms with Crippen molar-refractivity contribution in [3.63, 3.8) is 0 Å². The van der Waals surface area contributed by atoms with Crippen molar-refractivity contribution in [1.29, 1.82) is 0 Å². The summed E-state index contributed by atoms with van der Waals surface area (Å²) < 4.78 is 1.90. The first-order chi connectivity index (χ1) is 9.22. The standard InChI is InChI=1S/C13H21N5O/c1-2-3-4-5-6-7-8-18-9-15-10-11(18)16-13(14)17-12(10)19/h9H,2-8H2,1H3,(H3,14,16,17,19). The van der Waals surface area contributed by atoms with E-state index in [1.54, 1.807) is 6.33 Å². The molecule has 3 N–H and O–H groups in total. The Balaban J connectivity index is 1.96. The molecule has 6 heteroatoms. The molecule has 0 aromatic carbocycles. The number of H-pyrrole nitrogens is 1. The van der Waals surface area contributed by atoms with E-state index >= 15 is 0 Å². The molecule has 2 aromatic heterocycles. The summed E-state index contributed by atoms with van der Waals surface area (Å²) in [7, 11) is 0. The monoisotopic (exact) mass is 263 g/mol. The molecular weight excluding hydrogens is 242 g/mol. The van der Waals surface area contributed by atoms with Crippen molar-refractivity contribution >= 4 is 17.1 Å². The first-order valence-electron chi connectivity index (χ1n) is 6.93. The van der Waals surface area contributed by atoms with E-state index in [0.717, 1.165) is 13.0 Å². The van der Waals surface area contributed by atoms with Gasteiger partial charge in [-0.25, -0.2) is 4.98 Å². The fraction of sp³-hybridized carbons (Fsp3) is 0.615. The topological polar surface area (TPSA) is 89.6 Å². The smallest absolute Gasteiger partial charge is 0.280 e. The first kappa shape index (κ1) is 13.6. The Kier molecular flexibility index (Phi) is 4.54. The van der Waals surface area contributed by atoms with Gasteiger partial charge in [-0.1, -0.05) is 39.0 Å². The molecule has 2 rings (SSSR count). The highest BCUT2D eigenvalue weighted by atomic mass is 16.1. The predicted molar refractivity (Wildman–Crippen MR) is 75.9 cm³/mol. The molecule has 0 saturated carbocycles. The number of rotatable bonds is 7. The maximum absolute atomic E-state index is 11.6. The highest BCUT2D eigenvalue weighted by Crippen LogP contribution is 2.10. The Labute approximate surface area is 112 Å². The summed E-state index contributed by atoms with van der Waals surface area (Å²) >= 11 is 0. The Bertz CT molecular complexity index is 586. The lowest BCUT2D eigenvalue weighted by Gasteiger charge is -2.04. The minimum atomic E-state index is -0.274. The molecule has 6 nitrogen and oxygen atoms in total. The number of aromatic amines is 1. The average Bonchev–Trinajstić information content (AvgIpc) is 2.77. The second kappa shape index (κ2) is 6.36. The fourth-order valence-corrected chi connectivity index (χ4v) is 2.20. The van der Waals surface area contributed by atoms with Crippen molar-refractivity contribution in [2.75, 3.05) is 5.73 Å². The molecule has 0 fully saturated rings. The van der Waals surface area contributed by atoms with Crippen molar-refractivity contribution in [3.05, 3.63) is 16.7 Å². The van der Waals surface area contributed by atoms with E-state index in [1.807, 2.05) is 4.57 Å². The van der Waals surface area contributed by atoms with Gasteiger partial charge < -0.3 is 10.3 Å². The van der Waals surface area contributed by atoms with Crippen molar-refractivity contribution < 1.29 is 0 Å². The minimum absolute atomic E-state index is 0.141. The number of aryl methyl sites for hydroxylation is 1. The van der Waals surface area contributed by atoms with Gasteiger partial charge in [-0.05, 0) is 6.42 Å². The number of nitrogens with two attached hydrogens (primary N) is 1. The summed E-state index contributed by atoms with van der Waals surface area (Å²) in [5.41, 5.74) is 6.22. The maximum Gasteiger partial charge on any atom is 0.280 e. The molecule has 0 aliphatic carbocycles. The molecule has 0 atom stereocenters. The third kappa shape index (κ3) is 3.33. The van der Waals surface area contributed by atoms with Crippen LogP contribution in [-0.4, -0.2) is 19.5 Å². The summed E-state index contributed by atoms with van der Waals surface area (Å²) in [6.45, 7) is 3.05. The van der Waals surface area contributed by atoms with Crippen LogP contribution in [-0.2, 0) is 6.54 Å². The fourth-order valence-electron chi connectivity index (χ4n) is 2.20. The summed E-state index contributed by atoms with van der Waals surface area (Å²) in [6.07, 6.45) is 9.06. The maximum atomic E-state index is 11.6. The molecule has 2 heterocycles. The predicted octanol–water partition coefficient (Wildman–Crippen LogP) is 2.06. The molecule has 0 aliphatic heterocycles. The van der Waals surface area contributed by atoms with Crippen LogP contribution in [0.2, 0.25) is 0 Å². The molecule has 0 bridgehead atoms. The first-order valence-corrected chi connectivity index (χ1v) is 6.93. The third-order valence-electron chi connectivity index (χ3n) is 3.25. The minimum Gasteiger partial charge on any atom is -0.369 e. The van der Waals surface area contributed by atoms with Crippen molar-refractivity contribution in [2.24, 2.45) is 0 Å². The lowest BCUT2D eigenvalue weighted by molar-refractivity contribution is 0.562. The molecule has 104 valence electrons. The van der Waals surface area contributed by atoms with Crippen LogP contribution in [0.3, 0.4) is 0 Å². The van der Waals surface area contributed by atoms with Gasteiger partial charge in [-0.2, -0.15) is 4.98 Å². The number of hydrogen-bond acceptors (Lipinski definition) is 4. The van der Waals surface area contributed by atoms with E-state index in [9.17, 15) is 4.79 Å². The Morgan fingerprint density at radius 3 is 2.79 bits per heavy atom. The quantitative estimate of drug-likeness (QED) is 0.748.